The minimum absolute atomic E-state index is 0.0230. The largest absolute Gasteiger partial charge is 0.422 e. The summed E-state index contributed by atoms with van der Waals surface area (Å²) < 4.78 is 5.80. The van der Waals surface area contributed by atoms with Crippen molar-refractivity contribution in [1.29, 1.82) is 0 Å². The first-order valence-electron chi connectivity index (χ1n) is 10.5. The average Bonchev–Trinajstić information content (AvgIpc) is 2.85. The molecule has 1 aliphatic carbocycles. The number of carbonyl (C=O) groups excluding carboxylic acids is 2. The number of Topliss-reactive ketones (excluding diaryl/α,β-unsaturated/α-hetero) is 1. The number of hydrogen-bond donors (Lipinski definition) is 0. The minimum atomic E-state index is -0.539. The Kier molecular flexibility index (Phi) is 7.00. The van der Waals surface area contributed by atoms with Gasteiger partial charge >= 0.3 is 5.97 Å². The summed E-state index contributed by atoms with van der Waals surface area (Å²) in [6, 6.07) is 24.1. The predicted molar refractivity (Wildman–Crippen MR) is 127 cm³/mol. The maximum absolute atomic E-state index is 13.5. The van der Waals surface area contributed by atoms with Crippen LogP contribution in [0.15, 0.2) is 95.4 Å². The summed E-state index contributed by atoms with van der Waals surface area (Å²) in [6.07, 6.45) is 1.77. The van der Waals surface area contributed by atoms with Gasteiger partial charge in [-0.3, -0.25) is 14.9 Å². The van der Waals surface area contributed by atoms with Crippen molar-refractivity contribution in [1.82, 2.24) is 0 Å². The molecular formula is C26H21NO5S. The highest BCUT2D eigenvalue weighted by molar-refractivity contribution is 8.00. The molecule has 1 aliphatic rings. The van der Waals surface area contributed by atoms with Crippen LogP contribution >= 0.6 is 11.8 Å². The predicted octanol–water partition coefficient (Wildman–Crippen LogP) is 6.08. The van der Waals surface area contributed by atoms with Crippen LogP contribution in [-0.2, 0) is 9.53 Å². The molecule has 0 radical (unpaired) electrons. The van der Waals surface area contributed by atoms with Gasteiger partial charge in [0.15, 0.2) is 5.78 Å². The van der Waals surface area contributed by atoms with Gasteiger partial charge in [-0.05, 0) is 37.5 Å². The summed E-state index contributed by atoms with van der Waals surface area (Å²) in [4.78, 5) is 37.7. The number of allylic oxidation sites excluding steroid dienone is 1. The molecule has 0 N–H and O–H groups in total. The van der Waals surface area contributed by atoms with Crippen LogP contribution < -0.4 is 0 Å². The Morgan fingerprint density at radius 1 is 0.909 bits per heavy atom. The molecule has 0 bridgehead atoms. The smallest absolute Gasteiger partial charge is 0.343 e. The molecule has 0 aliphatic heterocycles. The number of esters is 1. The van der Waals surface area contributed by atoms with Crippen LogP contribution in [0.4, 0.5) is 5.69 Å². The van der Waals surface area contributed by atoms with Crippen LogP contribution in [-0.4, -0.2) is 21.9 Å². The molecule has 0 amide bonds. The molecule has 166 valence electrons. The van der Waals surface area contributed by atoms with Gasteiger partial charge in [0, 0.05) is 17.2 Å². The molecule has 0 spiro atoms. The summed E-state index contributed by atoms with van der Waals surface area (Å²) in [5, 5.41) is 10.9. The monoisotopic (exact) mass is 459 g/mol. The zero-order chi connectivity index (χ0) is 23.2. The van der Waals surface area contributed by atoms with Crippen LogP contribution in [0.1, 0.15) is 35.2 Å². The van der Waals surface area contributed by atoms with E-state index in [1.165, 1.54) is 17.8 Å². The first kappa shape index (κ1) is 22.5. The van der Waals surface area contributed by atoms with E-state index >= 15 is 0 Å². The molecule has 1 fully saturated rings. The Bertz CT molecular complexity index is 1210. The zero-order valence-electron chi connectivity index (χ0n) is 17.7. The van der Waals surface area contributed by atoms with E-state index in [9.17, 15) is 19.7 Å². The Balaban J connectivity index is 1.69. The lowest BCUT2D eigenvalue weighted by Gasteiger charge is -2.24. The van der Waals surface area contributed by atoms with Gasteiger partial charge in [0.2, 0.25) is 0 Å². The van der Waals surface area contributed by atoms with E-state index in [4.69, 9.17) is 4.74 Å². The molecular weight excluding hydrogens is 438 g/mol. The van der Waals surface area contributed by atoms with Gasteiger partial charge in [-0.2, -0.15) is 0 Å². The van der Waals surface area contributed by atoms with Crippen LogP contribution in [0.2, 0.25) is 0 Å². The van der Waals surface area contributed by atoms with Crippen LogP contribution in [0.5, 0.6) is 0 Å². The topological polar surface area (TPSA) is 86.5 Å². The highest BCUT2D eigenvalue weighted by Crippen LogP contribution is 2.40. The number of ketones is 1. The SMILES string of the molecule is O=C(O/C(=C1\CCC[C@H](Sc2ccccc2[N+](=O)[O-])C1=O)c1ccccc1)c1ccccc1. The van der Waals surface area contributed by atoms with Gasteiger partial charge < -0.3 is 4.74 Å². The molecule has 0 unspecified atom stereocenters. The molecule has 0 heterocycles. The van der Waals surface area contributed by atoms with E-state index in [1.54, 1.807) is 54.6 Å². The summed E-state index contributed by atoms with van der Waals surface area (Å²) in [7, 11) is 0. The van der Waals surface area contributed by atoms with Crippen LogP contribution in [0, 0.1) is 10.1 Å². The minimum Gasteiger partial charge on any atom is -0.422 e. The lowest BCUT2D eigenvalue weighted by atomic mass is 9.90. The fraction of sp³-hybridized carbons (Fsp3) is 0.154. The standard InChI is InChI=1S/C26H21NO5S/c28-24-20(14-9-17-23(24)33-22-16-8-7-15-21(22)27(30)31)25(18-10-3-1-4-11-18)32-26(29)19-12-5-2-6-13-19/h1-8,10-13,15-16,23H,9,14,17H2/b25-20+/t23-/m0/s1. The van der Waals surface area contributed by atoms with E-state index in [2.05, 4.69) is 0 Å². The number of carbonyl (C=O) groups is 2. The number of nitrogens with zero attached hydrogens (tertiary/aromatic N) is 1. The summed E-state index contributed by atoms with van der Waals surface area (Å²) in [6.45, 7) is 0. The number of nitro benzene ring substituents is 1. The molecule has 3 aromatic carbocycles. The molecule has 4 rings (SSSR count). The highest BCUT2D eigenvalue weighted by Gasteiger charge is 2.33. The summed E-state index contributed by atoms with van der Waals surface area (Å²) in [5.74, 6) is -0.449. The molecule has 6 nitrogen and oxygen atoms in total. The van der Waals surface area contributed by atoms with Crippen molar-refractivity contribution in [2.24, 2.45) is 0 Å². The first-order valence-corrected chi connectivity index (χ1v) is 11.4. The third kappa shape index (κ3) is 5.21. The zero-order valence-corrected chi connectivity index (χ0v) is 18.5. The first-order chi connectivity index (χ1) is 16.0. The molecule has 0 aromatic heterocycles. The number of rotatable bonds is 6. The lowest BCUT2D eigenvalue weighted by Crippen LogP contribution is -2.26. The van der Waals surface area contributed by atoms with Gasteiger partial charge in [0.25, 0.3) is 5.69 Å². The molecule has 1 atom stereocenters. The number of hydrogen-bond acceptors (Lipinski definition) is 6. The average molecular weight is 460 g/mol. The van der Waals surface area contributed by atoms with Crippen molar-refractivity contribution < 1.29 is 19.2 Å². The third-order valence-corrected chi connectivity index (χ3v) is 6.66. The summed E-state index contributed by atoms with van der Waals surface area (Å²) in [5.41, 5.74) is 1.44. The lowest BCUT2D eigenvalue weighted by molar-refractivity contribution is -0.387. The van der Waals surface area contributed by atoms with Crippen LogP contribution in [0.25, 0.3) is 5.76 Å². The molecule has 0 saturated heterocycles. The quantitative estimate of drug-likeness (QED) is 0.146. The Morgan fingerprint density at radius 2 is 1.52 bits per heavy atom. The second-order valence-corrected chi connectivity index (χ2v) is 8.76. The van der Waals surface area contributed by atoms with E-state index < -0.39 is 16.1 Å². The normalized spacial score (nSPS) is 17.3. The Labute approximate surface area is 195 Å². The van der Waals surface area contributed by atoms with Gasteiger partial charge in [-0.1, -0.05) is 60.7 Å². The number of benzene rings is 3. The van der Waals surface area contributed by atoms with Gasteiger partial charge in [0.05, 0.1) is 20.6 Å². The van der Waals surface area contributed by atoms with E-state index in [1.807, 2.05) is 24.3 Å². The Morgan fingerprint density at radius 3 is 2.18 bits per heavy atom. The van der Waals surface area contributed by atoms with Crippen molar-refractivity contribution in [2.75, 3.05) is 0 Å². The molecule has 33 heavy (non-hydrogen) atoms. The van der Waals surface area contributed by atoms with Crippen LogP contribution in [0.3, 0.4) is 0 Å². The second-order valence-electron chi connectivity index (χ2n) is 7.52. The van der Waals surface area contributed by atoms with E-state index in [0.29, 0.717) is 40.9 Å². The van der Waals surface area contributed by atoms with Crippen molar-refractivity contribution in [3.63, 3.8) is 0 Å². The molecule has 3 aromatic rings. The number of nitro groups is 1. The van der Waals surface area contributed by atoms with Crippen molar-refractivity contribution in [3.8, 4) is 0 Å². The van der Waals surface area contributed by atoms with Gasteiger partial charge in [-0.25, -0.2) is 4.79 Å². The fourth-order valence-electron chi connectivity index (χ4n) is 3.72. The van der Waals surface area contributed by atoms with Crippen molar-refractivity contribution in [2.45, 2.75) is 29.4 Å². The number of thioether (sulfide) groups is 1. The number of para-hydroxylation sites is 1. The van der Waals surface area contributed by atoms with E-state index in [-0.39, 0.29) is 17.2 Å². The van der Waals surface area contributed by atoms with Gasteiger partial charge in [0.1, 0.15) is 5.76 Å². The third-order valence-electron chi connectivity index (χ3n) is 5.33. The second kappa shape index (κ2) is 10.3. The fourth-order valence-corrected chi connectivity index (χ4v) is 4.98. The summed E-state index contributed by atoms with van der Waals surface area (Å²) >= 11 is 1.19. The highest BCUT2D eigenvalue weighted by atomic mass is 32.2. The maximum atomic E-state index is 13.5. The van der Waals surface area contributed by atoms with E-state index in [0.717, 1.165) is 0 Å². The molecule has 1 saturated carbocycles. The molecule has 7 heteroatoms. The number of ether oxygens (including phenoxy) is 1. The van der Waals surface area contributed by atoms with Crippen molar-refractivity contribution in [3.05, 3.63) is 112 Å². The maximum Gasteiger partial charge on any atom is 0.343 e. The Hall–Kier alpha value is -3.71. The van der Waals surface area contributed by atoms with Crippen molar-refractivity contribution >= 4 is 35.0 Å². The van der Waals surface area contributed by atoms with Gasteiger partial charge in [-0.15, -0.1) is 11.8 Å².